The molecule has 0 radical (unpaired) electrons. The number of ketones is 1. The second kappa shape index (κ2) is 5.89. The second-order valence-electron chi connectivity index (χ2n) is 9.88. The van der Waals surface area contributed by atoms with Gasteiger partial charge in [-0.3, -0.25) is 4.79 Å². The number of aliphatic hydroxyl groups is 2. The van der Waals surface area contributed by atoms with E-state index < -0.39 is 17.3 Å². The summed E-state index contributed by atoms with van der Waals surface area (Å²) in [6, 6.07) is 0. The van der Waals surface area contributed by atoms with Crippen LogP contribution in [-0.4, -0.2) is 35.0 Å². The van der Waals surface area contributed by atoms with Crippen molar-refractivity contribution in [1.29, 1.82) is 0 Å². The van der Waals surface area contributed by atoms with E-state index in [2.05, 4.69) is 19.9 Å². The third kappa shape index (κ3) is 2.21. The number of rotatable bonds is 2. The molecule has 4 aliphatic carbocycles. The van der Waals surface area contributed by atoms with Gasteiger partial charge in [-0.1, -0.05) is 25.5 Å². The Labute approximate surface area is 157 Å². The summed E-state index contributed by atoms with van der Waals surface area (Å²) in [4.78, 5) is 12.2. The van der Waals surface area contributed by atoms with Crippen molar-refractivity contribution < 1.29 is 19.7 Å². The first-order valence-corrected chi connectivity index (χ1v) is 10.3. The maximum Gasteiger partial charge on any atom is 0.176 e. The molecule has 4 nitrogen and oxygen atoms in total. The molecule has 0 saturated heterocycles. The average Bonchev–Trinajstić information content (AvgIpc) is 2.93. The molecule has 26 heavy (non-hydrogen) atoms. The van der Waals surface area contributed by atoms with Crippen LogP contribution in [0.1, 0.15) is 65.7 Å². The van der Waals surface area contributed by atoms with Crippen LogP contribution < -0.4 is 0 Å². The smallest absolute Gasteiger partial charge is 0.176 e. The predicted molar refractivity (Wildman–Crippen MR) is 99.2 cm³/mol. The summed E-state index contributed by atoms with van der Waals surface area (Å²) < 4.78 is 5.67. The van der Waals surface area contributed by atoms with Gasteiger partial charge in [0.2, 0.25) is 0 Å². The number of aliphatic hydroxyl groups excluding tert-OH is 1. The van der Waals surface area contributed by atoms with E-state index in [4.69, 9.17) is 4.74 Å². The largest absolute Gasteiger partial charge is 0.393 e. The molecule has 4 rings (SSSR count). The zero-order chi connectivity index (χ0) is 18.9. The Morgan fingerprint density at radius 2 is 1.96 bits per heavy atom. The number of fused-ring (bicyclic) bond motifs is 5. The first kappa shape index (κ1) is 18.6. The highest BCUT2D eigenvalue weighted by molar-refractivity contribution is 5.79. The third-order valence-electron chi connectivity index (χ3n) is 9.09. The van der Waals surface area contributed by atoms with Crippen LogP contribution >= 0.6 is 0 Å². The van der Waals surface area contributed by atoms with Crippen molar-refractivity contribution in [2.24, 2.45) is 34.5 Å². The Morgan fingerprint density at radius 1 is 1.23 bits per heavy atom. The predicted octanol–water partition coefficient (Wildman–Crippen LogP) is 3.46. The number of hydrogen-bond donors (Lipinski definition) is 2. The number of ether oxygens (including phenoxy) is 1. The van der Waals surface area contributed by atoms with Crippen LogP contribution in [0.4, 0.5) is 0 Å². The van der Waals surface area contributed by atoms with Gasteiger partial charge < -0.3 is 14.9 Å². The van der Waals surface area contributed by atoms with Crippen LogP contribution in [0.3, 0.4) is 0 Å². The molecule has 4 aliphatic rings. The summed E-state index contributed by atoms with van der Waals surface area (Å²) in [6.07, 6.45) is 7.87. The number of hydrogen-bond acceptors (Lipinski definition) is 4. The molecule has 0 aromatic rings. The number of carbonyl (C=O) groups is 1. The van der Waals surface area contributed by atoms with Crippen molar-refractivity contribution in [3.8, 4) is 0 Å². The van der Waals surface area contributed by atoms with Crippen molar-refractivity contribution >= 4 is 5.78 Å². The summed E-state index contributed by atoms with van der Waals surface area (Å²) in [5.74, 6) is 0.610. The Kier molecular flexibility index (Phi) is 4.22. The highest BCUT2D eigenvalue weighted by atomic mass is 16.6. The van der Waals surface area contributed by atoms with E-state index in [1.807, 2.05) is 0 Å². The molecular formula is C22H34O4. The van der Waals surface area contributed by atoms with E-state index in [-0.39, 0.29) is 17.8 Å². The fourth-order valence-corrected chi connectivity index (χ4v) is 7.72. The highest BCUT2D eigenvalue weighted by Gasteiger charge is 2.65. The van der Waals surface area contributed by atoms with E-state index in [1.165, 1.54) is 5.57 Å². The van der Waals surface area contributed by atoms with Crippen LogP contribution in [-0.2, 0) is 9.53 Å². The van der Waals surface area contributed by atoms with E-state index in [0.29, 0.717) is 30.0 Å². The van der Waals surface area contributed by atoms with Gasteiger partial charge in [0.1, 0.15) is 5.78 Å². The van der Waals surface area contributed by atoms with Gasteiger partial charge in [0.25, 0.3) is 0 Å². The summed E-state index contributed by atoms with van der Waals surface area (Å²) >= 11 is 0. The van der Waals surface area contributed by atoms with Crippen LogP contribution in [0.2, 0.25) is 0 Å². The minimum Gasteiger partial charge on any atom is -0.393 e. The van der Waals surface area contributed by atoms with E-state index in [9.17, 15) is 15.0 Å². The number of methoxy groups -OCH3 is 1. The molecule has 0 heterocycles. The van der Waals surface area contributed by atoms with Gasteiger partial charge in [-0.05, 0) is 68.6 Å². The first-order valence-electron chi connectivity index (χ1n) is 10.3. The SMILES string of the molecule is COC1(O)CC(O)CC2=CCC3C4CCC(C(C)=O)C4(C)CCC3C21C. The minimum atomic E-state index is -1.31. The molecule has 0 spiro atoms. The lowest BCUT2D eigenvalue weighted by molar-refractivity contribution is -0.294. The molecule has 3 fully saturated rings. The minimum absolute atomic E-state index is 0.105. The van der Waals surface area contributed by atoms with Gasteiger partial charge >= 0.3 is 0 Å². The van der Waals surface area contributed by atoms with E-state index in [0.717, 1.165) is 32.1 Å². The van der Waals surface area contributed by atoms with Gasteiger partial charge in [-0.2, -0.15) is 0 Å². The van der Waals surface area contributed by atoms with Gasteiger partial charge in [-0.25, -0.2) is 0 Å². The van der Waals surface area contributed by atoms with Gasteiger partial charge in [0.05, 0.1) is 6.10 Å². The highest BCUT2D eigenvalue weighted by Crippen LogP contribution is 2.67. The van der Waals surface area contributed by atoms with E-state index >= 15 is 0 Å². The Hall–Kier alpha value is -0.710. The lowest BCUT2D eigenvalue weighted by atomic mass is 9.45. The van der Waals surface area contributed by atoms with Gasteiger partial charge in [0.15, 0.2) is 5.79 Å². The van der Waals surface area contributed by atoms with Crippen LogP contribution in [0.15, 0.2) is 11.6 Å². The number of Topliss-reactive ketones (excluding diaryl/α,β-unsaturated/α-hetero) is 1. The Balaban J connectivity index is 1.74. The van der Waals surface area contributed by atoms with Gasteiger partial charge in [-0.15, -0.1) is 0 Å². The van der Waals surface area contributed by atoms with Crippen molar-refractivity contribution in [2.45, 2.75) is 77.6 Å². The maximum atomic E-state index is 12.2. The lowest BCUT2D eigenvalue weighted by Crippen LogP contribution is -2.62. The summed E-state index contributed by atoms with van der Waals surface area (Å²) in [5.41, 5.74) is 0.833. The molecule has 0 aromatic carbocycles. The number of allylic oxidation sites excluding steroid dienone is 1. The fourth-order valence-electron chi connectivity index (χ4n) is 7.72. The normalized spacial score (nSPS) is 53.3. The quantitative estimate of drug-likeness (QED) is 0.583. The van der Waals surface area contributed by atoms with Crippen molar-refractivity contribution in [3.63, 3.8) is 0 Å². The zero-order valence-electron chi connectivity index (χ0n) is 16.6. The van der Waals surface area contributed by atoms with E-state index in [1.54, 1.807) is 14.0 Å². The molecule has 0 bridgehead atoms. The third-order valence-corrected chi connectivity index (χ3v) is 9.09. The standard InChI is InChI=1S/C22H34O4/c1-13(23)17-7-8-18-16-6-5-14-11-15(24)12-22(25,26-4)21(14,3)19(16)9-10-20(17,18)2/h5,15-19,24-25H,6-12H2,1-4H3. The molecule has 8 unspecified atom stereocenters. The van der Waals surface area contributed by atoms with Gasteiger partial charge in [0, 0.05) is 24.9 Å². The molecule has 0 aromatic heterocycles. The number of carbonyl (C=O) groups excluding carboxylic acids is 1. The van der Waals surface area contributed by atoms with Crippen LogP contribution in [0.25, 0.3) is 0 Å². The maximum absolute atomic E-state index is 12.2. The monoisotopic (exact) mass is 362 g/mol. The molecule has 146 valence electrons. The lowest BCUT2D eigenvalue weighted by Gasteiger charge is -2.62. The van der Waals surface area contributed by atoms with Crippen LogP contribution in [0, 0.1) is 34.5 Å². The van der Waals surface area contributed by atoms with Crippen molar-refractivity contribution in [2.75, 3.05) is 7.11 Å². The average molecular weight is 363 g/mol. The molecule has 8 atom stereocenters. The molecule has 4 heteroatoms. The first-order chi connectivity index (χ1) is 12.2. The molecule has 0 amide bonds. The topological polar surface area (TPSA) is 66.8 Å². The van der Waals surface area contributed by atoms with Crippen molar-refractivity contribution in [3.05, 3.63) is 11.6 Å². The molecule has 2 N–H and O–H groups in total. The zero-order valence-corrected chi connectivity index (χ0v) is 16.6. The second-order valence-corrected chi connectivity index (χ2v) is 9.88. The van der Waals surface area contributed by atoms with Crippen molar-refractivity contribution in [1.82, 2.24) is 0 Å². The summed E-state index contributed by atoms with van der Waals surface area (Å²) in [5, 5.41) is 21.7. The van der Waals surface area contributed by atoms with Crippen LogP contribution in [0.5, 0.6) is 0 Å². The molecule has 3 saturated carbocycles. The summed E-state index contributed by atoms with van der Waals surface area (Å²) in [7, 11) is 1.57. The Morgan fingerprint density at radius 3 is 2.62 bits per heavy atom. The molecular weight excluding hydrogens is 328 g/mol. The Bertz CT molecular complexity index is 642. The molecule has 0 aliphatic heterocycles. The fraction of sp³-hybridized carbons (Fsp3) is 0.864. The summed E-state index contributed by atoms with van der Waals surface area (Å²) in [6.45, 7) is 6.25.